The fourth-order valence-electron chi connectivity index (χ4n) is 1.72. The predicted molar refractivity (Wildman–Crippen MR) is 53.1 cm³/mol. The second-order valence-electron chi connectivity index (χ2n) is 3.83. The Bertz CT molecular complexity index is 522. The van der Waals surface area contributed by atoms with Gasteiger partial charge in [0.15, 0.2) is 17.2 Å². The van der Waals surface area contributed by atoms with E-state index in [-0.39, 0.29) is 17.2 Å². The summed E-state index contributed by atoms with van der Waals surface area (Å²) < 4.78 is 10.3. The molecule has 5 heteroatoms. The SMILES string of the molecule is O=C(O)c1c(-c2ccco2)noc1C1CC1. The summed E-state index contributed by atoms with van der Waals surface area (Å²) in [5.74, 6) is 0.0869. The van der Waals surface area contributed by atoms with Crippen molar-refractivity contribution in [2.24, 2.45) is 0 Å². The van der Waals surface area contributed by atoms with Gasteiger partial charge in [-0.3, -0.25) is 0 Å². The van der Waals surface area contributed by atoms with Gasteiger partial charge in [0.05, 0.1) is 6.26 Å². The van der Waals surface area contributed by atoms with Gasteiger partial charge in [0.25, 0.3) is 0 Å². The number of hydrogen-bond donors (Lipinski definition) is 1. The molecule has 1 aliphatic rings. The quantitative estimate of drug-likeness (QED) is 0.858. The van der Waals surface area contributed by atoms with Crippen LogP contribution in [0.2, 0.25) is 0 Å². The Morgan fingerprint density at radius 1 is 1.50 bits per heavy atom. The van der Waals surface area contributed by atoms with Crippen LogP contribution in [0.15, 0.2) is 27.3 Å². The molecule has 3 rings (SSSR count). The molecule has 1 saturated carbocycles. The van der Waals surface area contributed by atoms with E-state index < -0.39 is 5.97 Å². The molecule has 0 radical (unpaired) electrons. The Kier molecular flexibility index (Phi) is 1.86. The van der Waals surface area contributed by atoms with E-state index >= 15 is 0 Å². The molecule has 0 aliphatic heterocycles. The van der Waals surface area contributed by atoms with Crippen LogP contribution in [0.3, 0.4) is 0 Å². The predicted octanol–water partition coefficient (Wildman–Crippen LogP) is 2.51. The molecule has 0 amide bonds. The number of nitrogens with zero attached hydrogens (tertiary/aromatic N) is 1. The van der Waals surface area contributed by atoms with Gasteiger partial charge in [-0.05, 0) is 25.0 Å². The van der Waals surface area contributed by atoms with E-state index in [1.807, 2.05) is 0 Å². The third-order valence-corrected chi connectivity index (χ3v) is 2.64. The van der Waals surface area contributed by atoms with Gasteiger partial charge in [0, 0.05) is 5.92 Å². The number of aromatic nitrogens is 1. The zero-order valence-corrected chi connectivity index (χ0v) is 8.34. The van der Waals surface area contributed by atoms with Crippen molar-refractivity contribution in [1.82, 2.24) is 5.16 Å². The number of carboxylic acid groups (broad SMARTS) is 1. The van der Waals surface area contributed by atoms with Crippen molar-refractivity contribution in [2.75, 3.05) is 0 Å². The molecule has 16 heavy (non-hydrogen) atoms. The Morgan fingerprint density at radius 3 is 2.88 bits per heavy atom. The highest BCUT2D eigenvalue weighted by Gasteiger charge is 2.35. The van der Waals surface area contributed by atoms with Crippen LogP contribution in [-0.4, -0.2) is 16.2 Å². The lowest BCUT2D eigenvalue weighted by Gasteiger charge is -1.94. The van der Waals surface area contributed by atoms with E-state index in [0.717, 1.165) is 12.8 Å². The molecule has 0 aromatic carbocycles. The second-order valence-corrected chi connectivity index (χ2v) is 3.83. The highest BCUT2D eigenvalue weighted by atomic mass is 16.5. The van der Waals surface area contributed by atoms with Gasteiger partial charge in [-0.25, -0.2) is 4.79 Å². The van der Waals surface area contributed by atoms with E-state index in [1.54, 1.807) is 12.1 Å². The summed E-state index contributed by atoms with van der Waals surface area (Å²) in [5.41, 5.74) is 0.414. The smallest absolute Gasteiger partial charge is 0.341 e. The molecule has 0 spiro atoms. The van der Waals surface area contributed by atoms with E-state index in [4.69, 9.17) is 14.0 Å². The van der Waals surface area contributed by atoms with Crippen molar-refractivity contribution in [3.05, 3.63) is 29.7 Å². The maximum Gasteiger partial charge on any atom is 0.341 e. The van der Waals surface area contributed by atoms with Crippen LogP contribution in [0.25, 0.3) is 11.5 Å². The molecule has 1 fully saturated rings. The Morgan fingerprint density at radius 2 is 2.31 bits per heavy atom. The minimum absolute atomic E-state index is 0.137. The number of carbonyl (C=O) groups is 1. The lowest BCUT2D eigenvalue weighted by molar-refractivity contribution is 0.0695. The van der Waals surface area contributed by atoms with Crippen molar-refractivity contribution < 1.29 is 18.8 Å². The fraction of sp³-hybridized carbons (Fsp3) is 0.273. The average Bonchev–Trinajstić information content (AvgIpc) is 2.83. The van der Waals surface area contributed by atoms with Gasteiger partial charge < -0.3 is 14.0 Å². The molecule has 0 saturated heterocycles. The molecular weight excluding hydrogens is 210 g/mol. The third-order valence-electron chi connectivity index (χ3n) is 2.64. The van der Waals surface area contributed by atoms with Gasteiger partial charge in [0.2, 0.25) is 0 Å². The zero-order chi connectivity index (χ0) is 11.1. The van der Waals surface area contributed by atoms with E-state index in [1.165, 1.54) is 6.26 Å². The fourth-order valence-corrected chi connectivity index (χ4v) is 1.72. The van der Waals surface area contributed by atoms with E-state index in [0.29, 0.717) is 11.5 Å². The van der Waals surface area contributed by atoms with Crippen LogP contribution < -0.4 is 0 Å². The van der Waals surface area contributed by atoms with Crippen molar-refractivity contribution in [2.45, 2.75) is 18.8 Å². The first-order valence-electron chi connectivity index (χ1n) is 5.04. The maximum absolute atomic E-state index is 11.2. The van der Waals surface area contributed by atoms with Crippen LogP contribution in [0.1, 0.15) is 34.9 Å². The lowest BCUT2D eigenvalue weighted by atomic mass is 10.1. The van der Waals surface area contributed by atoms with Crippen LogP contribution >= 0.6 is 0 Å². The summed E-state index contributed by atoms with van der Waals surface area (Å²) in [5, 5.41) is 13.0. The van der Waals surface area contributed by atoms with Crippen molar-refractivity contribution in [1.29, 1.82) is 0 Å². The normalized spacial score (nSPS) is 15.2. The van der Waals surface area contributed by atoms with Crippen LogP contribution in [0, 0.1) is 0 Å². The van der Waals surface area contributed by atoms with Crippen molar-refractivity contribution in [3.8, 4) is 11.5 Å². The molecule has 2 aromatic rings. The highest BCUT2D eigenvalue weighted by molar-refractivity contribution is 5.95. The molecule has 0 atom stereocenters. The molecule has 0 bridgehead atoms. The minimum Gasteiger partial charge on any atom is -0.477 e. The number of rotatable bonds is 3. The Labute approximate surface area is 90.7 Å². The summed E-state index contributed by atoms with van der Waals surface area (Å²) in [6.07, 6.45) is 3.41. The van der Waals surface area contributed by atoms with Gasteiger partial charge in [-0.1, -0.05) is 5.16 Å². The molecule has 2 heterocycles. The molecule has 0 unspecified atom stereocenters. The molecular formula is C11H9NO4. The van der Waals surface area contributed by atoms with Gasteiger partial charge in [-0.2, -0.15) is 0 Å². The van der Waals surface area contributed by atoms with Crippen molar-refractivity contribution >= 4 is 5.97 Å². The van der Waals surface area contributed by atoms with E-state index in [9.17, 15) is 4.79 Å². The molecule has 1 N–H and O–H groups in total. The second kappa shape index (κ2) is 3.23. The molecule has 82 valence electrons. The van der Waals surface area contributed by atoms with Crippen LogP contribution in [0.4, 0.5) is 0 Å². The maximum atomic E-state index is 11.2. The van der Waals surface area contributed by atoms with Crippen LogP contribution in [-0.2, 0) is 0 Å². The Balaban J connectivity index is 2.14. The number of furan rings is 1. The summed E-state index contributed by atoms with van der Waals surface area (Å²) in [6.45, 7) is 0. The average molecular weight is 219 g/mol. The largest absolute Gasteiger partial charge is 0.477 e. The number of aromatic carboxylic acids is 1. The van der Waals surface area contributed by atoms with Crippen molar-refractivity contribution in [3.63, 3.8) is 0 Å². The highest BCUT2D eigenvalue weighted by Crippen LogP contribution is 2.43. The zero-order valence-electron chi connectivity index (χ0n) is 8.34. The van der Waals surface area contributed by atoms with E-state index in [2.05, 4.69) is 5.16 Å². The molecule has 5 nitrogen and oxygen atoms in total. The summed E-state index contributed by atoms with van der Waals surface area (Å²) >= 11 is 0. The standard InChI is InChI=1S/C11H9NO4/c13-11(14)8-9(7-2-1-5-15-7)12-16-10(8)6-3-4-6/h1-2,5-6H,3-4H2,(H,13,14). The molecule has 2 aromatic heterocycles. The molecule has 1 aliphatic carbocycles. The Hall–Kier alpha value is -2.04. The first-order valence-corrected chi connectivity index (χ1v) is 5.04. The number of carboxylic acids is 1. The monoisotopic (exact) mass is 219 g/mol. The summed E-state index contributed by atoms with van der Waals surface area (Å²) in [4.78, 5) is 11.2. The van der Waals surface area contributed by atoms with Gasteiger partial charge in [0.1, 0.15) is 5.56 Å². The summed E-state index contributed by atoms with van der Waals surface area (Å²) in [7, 11) is 0. The first kappa shape index (κ1) is 9.21. The third kappa shape index (κ3) is 1.32. The topological polar surface area (TPSA) is 76.5 Å². The lowest BCUT2D eigenvalue weighted by Crippen LogP contribution is -2.00. The van der Waals surface area contributed by atoms with Gasteiger partial charge in [-0.15, -0.1) is 0 Å². The van der Waals surface area contributed by atoms with Gasteiger partial charge >= 0.3 is 5.97 Å². The first-order chi connectivity index (χ1) is 7.77. The summed E-state index contributed by atoms with van der Waals surface area (Å²) in [6, 6.07) is 3.35. The van der Waals surface area contributed by atoms with Crippen LogP contribution in [0.5, 0.6) is 0 Å². The minimum atomic E-state index is -1.02. The number of hydrogen-bond acceptors (Lipinski definition) is 4.